The number of amides is 1. The number of aliphatic carboxylic acids is 1. The van der Waals surface area contributed by atoms with Crippen LogP contribution in [0.1, 0.15) is 304 Å². The van der Waals surface area contributed by atoms with Crippen molar-refractivity contribution in [2.24, 2.45) is 11.8 Å². The van der Waals surface area contributed by atoms with Gasteiger partial charge in [0.2, 0.25) is 5.91 Å². The molecule has 0 aliphatic heterocycles. The molecule has 0 fully saturated rings. The van der Waals surface area contributed by atoms with Crippen molar-refractivity contribution in [1.29, 1.82) is 0 Å². The van der Waals surface area contributed by atoms with E-state index in [1.165, 1.54) is 135 Å². The first-order chi connectivity index (χ1) is 31.6. The molecule has 0 aromatic rings. The second kappa shape index (κ2) is 47.4. The van der Waals surface area contributed by atoms with Crippen molar-refractivity contribution in [3.8, 4) is 0 Å². The van der Waals surface area contributed by atoms with Gasteiger partial charge in [-0.15, -0.1) is 0 Å². The van der Waals surface area contributed by atoms with Gasteiger partial charge in [-0.05, 0) is 104 Å². The van der Waals surface area contributed by atoms with Gasteiger partial charge in [-0.3, -0.25) is 14.4 Å². The van der Waals surface area contributed by atoms with E-state index in [-0.39, 0.29) is 24.4 Å². The van der Waals surface area contributed by atoms with Gasteiger partial charge in [0.15, 0.2) is 0 Å². The first-order valence-corrected chi connectivity index (χ1v) is 29.0. The number of rotatable bonds is 51. The molecule has 0 saturated carbocycles. The zero-order chi connectivity index (χ0) is 48.0. The number of carbonyl (C=O) groups excluding carboxylic acids is 2. The Labute approximate surface area is 405 Å². The largest absolute Gasteiger partial charge is 0.481 e. The van der Waals surface area contributed by atoms with Gasteiger partial charge < -0.3 is 19.6 Å². The summed E-state index contributed by atoms with van der Waals surface area (Å²) >= 11 is 0. The smallest absolute Gasteiger partial charge is 0.309 e. The number of carboxylic acids is 1. The van der Waals surface area contributed by atoms with Crippen LogP contribution >= 0.6 is 0 Å². The maximum atomic E-state index is 14.5. The summed E-state index contributed by atoms with van der Waals surface area (Å²) in [7, 11) is 4.25. The molecule has 2 unspecified atom stereocenters. The lowest BCUT2D eigenvalue weighted by molar-refractivity contribution is -0.157. The molecule has 0 heterocycles. The molecule has 0 aliphatic rings. The summed E-state index contributed by atoms with van der Waals surface area (Å²) in [5.41, 5.74) is 0. The molecule has 0 aromatic carbocycles. The second-order valence-electron chi connectivity index (χ2n) is 20.8. The highest BCUT2D eigenvalue weighted by Gasteiger charge is 2.31. The summed E-state index contributed by atoms with van der Waals surface area (Å²) in [5, 5.41) is 9.01. The lowest BCUT2D eigenvalue weighted by atomic mass is 9.80. The Balaban J connectivity index is 5.86. The topological polar surface area (TPSA) is 87.2 Å². The highest BCUT2D eigenvalue weighted by atomic mass is 16.5. The maximum absolute atomic E-state index is 14.5. The molecule has 0 bridgehead atoms. The van der Waals surface area contributed by atoms with E-state index in [2.05, 4.69) is 58.5 Å². The van der Waals surface area contributed by atoms with Crippen molar-refractivity contribution < 1.29 is 24.2 Å². The van der Waals surface area contributed by atoms with Gasteiger partial charge in [-0.1, -0.05) is 214 Å². The van der Waals surface area contributed by atoms with Crippen LogP contribution in [-0.2, 0) is 19.1 Å². The fourth-order valence-corrected chi connectivity index (χ4v) is 10.1. The third-order valence-corrected chi connectivity index (χ3v) is 14.3. The third-order valence-electron chi connectivity index (χ3n) is 14.3. The van der Waals surface area contributed by atoms with Crippen molar-refractivity contribution in [3.05, 3.63) is 0 Å². The minimum absolute atomic E-state index is 0.0253. The molecule has 0 aliphatic carbocycles. The number of carbonyl (C=O) groups is 3. The Kier molecular flexibility index (Phi) is 46.2. The van der Waals surface area contributed by atoms with Gasteiger partial charge in [-0.2, -0.15) is 0 Å². The van der Waals surface area contributed by atoms with Crippen LogP contribution in [0.4, 0.5) is 0 Å². The molecule has 7 nitrogen and oxygen atoms in total. The first kappa shape index (κ1) is 63.4. The van der Waals surface area contributed by atoms with Crippen LogP contribution < -0.4 is 0 Å². The van der Waals surface area contributed by atoms with Gasteiger partial charge in [0.1, 0.15) is 6.10 Å². The summed E-state index contributed by atoms with van der Waals surface area (Å²) in [6.45, 7) is 13.2. The molecule has 0 rings (SSSR count). The molecule has 1 amide bonds. The minimum atomic E-state index is -0.693. The van der Waals surface area contributed by atoms with Gasteiger partial charge in [0.05, 0.1) is 5.92 Å². The third kappa shape index (κ3) is 39.0. The molecule has 65 heavy (non-hydrogen) atoms. The van der Waals surface area contributed by atoms with Crippen LogP contribution in [0.25, 0.3) is 0 Å². The van der Waals surface area contributed by atoms with Gasteiger partial charge in [0.25, 0.3) is 0 Å². The summed E-state index contributed by atoms with van der Waals surface area (Å²) in [4.78, 5) is 43.9. The highest BCUT2D eigenvalue weighted by Crippen LogP contribution is 2.32. The average molecular weight is 920 g/mol. The predicted molar refractivity (Wildman–Crippen MR) is 281 cm³/mol. The summed E-state index contributed by atoms with van der Waals surface area (Å²) < 4.78 is 6.63. The number of ether oxygens (including phenoxy) is 1. The van der Waals surface area contributed by atoms with Crippen LogP contribution in [0.15, 0.2) is 0 Å². The zero-order valence-corrected chi connectivity index (χ0v) is 44.9. The molecule has 0 radical (unpaired) electrons. The number of unbranched alkanes of at least 4 members (excludes halogenated alkanes) is 25. The fraction of sp³-hybridized carbons (Fsp3) is 0.948. The van der Waals surface area contributed by atoms with E-state index in [1.807, 2.05) is 0 Å². The van der Waals surface area contributed by atoms with Gasteiger partial charge in [-0.25, -0.2) is 0 Å². The van der Waals surface area contributed by atoms with E-state index in [1.54, 1.807) is 0 Å². The predicted octanol–water partition coefficient (Wildman–Crippen LogP) is 17.5. The van der Waals surface area contributed by atoms with E-state index in [0.717, 1.165) is 135 Å². The van der Waals surface area contributed by atoms with Gasteiger partial charge >= 0.3 is 11.9 Å². The minimum Gasteiger partial charge on any atom is -0.481 e. The molecule has 1 N–H and O–H groups in total. The number of nitrogens with zero attached hydrogens (tertiary/aromatic N) is 2. The van der Waals surface area contributed by atoms with Crippen molar-refractivity contribution in [1.82, 2.24) is 9.80 Å². The fourth-order valence-electron chi connectivity index (χ4n) is 10.1. The summed E-state index contributed by atoms with van der Waals surface area (Å²) in [6, 6.07) is 0.296. The number of hydrogen-bond acceptors (Lipinski definition) is 5. The molecule has 7 heteroatoms. The molecular weight excluding hydrogens is 805 g/mol. The molecule has 0 saturated heterocycles. The Bertz CT molecular complexity index is 1030. The Morgan fingerprint density at radius 2 is 0.785 bits per heavy atom. The molecular formula is C58H114N2O5. The van der Waals surface area contributed by atoms with Crippen molar-refractivity contribution in [2.75, 3.05) is 27.2 Å². The molecule has 0 aromatic heterocycles. The van der Waals surface area contributed by atoms with Crippen LogP contribution in [0.2, 0.25) is 0 Å². The Morgan fingerprint density at radius 1 is 0.415 bits per heavy atom. The first-order valence-electron chi connectivity index (χ1n) is 29.0. The lowest BCUT2D eigenvalue weighted by Gasteiger charge is -2.33. The number of hydrogen-bond donors (Lipinski definition) is 1. The summed E-state index contributed by atoms with van der Waals surface area (Å²) in [6.07, 6.45) is 47.3. The average Bonchev–Trinajstić information content (AvgIpc) is 3.28. The van der Waals surface area contributed by atoms with Gasteiger partial charge in [0, 0.05) is 25.4 Å². The van der Waals surface area contributed by atoms with Crippen molar-refractivity contribution in [3.63, 3.8) is 0 Å². The molecule has 0 spiro atoms. The van der Waals surface area contributed by atoms with Crippen LogP contribution in [-0.4, -0.2) is 72.1 Å². The second-order valence-corrected chi connectivity index (χ2v) is 20.8. The molecule has 386 valence electrons. The van der Waals surface area contributed by atoms with E-state index in [4.69, 9.17) is 9.84 Å². The zero-order valence-electron chi connectivity index (χ0n) is 44.9. The normalized spacial score (nSPS) is 12.7. The lowest BCUT2D eigenvalue weighted by Crippen LogP contribution is -2.41. The van der Waals surface area contributed by atoms with Crippen LogP contribution in [0.3, 0.4) is 0 Å². The Morgan fingerprint density at radius 3 is 1.23 bits per heavy atom. The van der Waals surface area contributed by atoms with E-state index < -0.39 is 5.97 Å². The maximum Gasteiger partial charge on any atom is 0.309 e. The molecule has 2 atom stereocenters. The quantitative estimate of drug-likeness (QED) is 0.0483. The standard InChI is InChI=1S/C58H114N2O5/c1-8-13-18-26-38-48-56(61)60(51-40-50-59(6)7)53(43-33-27-23-24-30-39-49-57(62)63)44-34-28-25-29-37-47-55(52(41-31-19-14-9-2)42-32-20-15-10-3)58(64)65-54(45-35-21-16-11-4)46-36-22-17-12-5/h52-55H,8-51H2,1-7H3,(H,62,63). The van der Waals surface area contributed by atoms with Crippen molar-refractivity contribution in [2.45, 2.75) is 316 Å². The van der Waals surface area contributed by atoms with Crippen molar-refractivity contribution >= 4 is 17.8 Å². The number of esters is 1. The van der Waals surface area contributed by atoms with E-state index >= 15 is 0 Å². The summed E-state index contributed by atoms with van der Waals surface area (Å²) in [5.74, 6) is 0.258. The monoisotopic (exact) mass is 919 g/mol. The highest BCUT2D eigenvalue weighted by molar-refractivity contribution is 5.76. The van der Waals surface area contributed by atoms with Crippen LogP contribution in [0.5, 0.6) is 0 Å². The van der Waals surface area contributed by atoms with E-state index in [0.29, 0.717) is 24.3 Å². The van der Waals surface area contributed by atoms with E-state index in [9.17, 15) is 14.4 Å². The SMILES string of the molecule is CCCCCCCC(=O)N(CCCN(C)C)C(CCCCCCCCC(=O)O)CCCCCCCC(C(=O)OC(CCCCCC)CCCCCC)C(CCCCCC)CCCCCC. The van der Waals surface area contributed by atoms with Crippen LogP contribution in [0, 0.1) is 11.8 Å². The number of carboxylic acid groups (broad SMARTS) is 1. The Hall–Kier alpha value is -1.63.